The van der Waals surface area contributed by atoms with Crippen LogP contribution >= 0.6 is 0 Å². The quantitative estimate of drug-likeness (QED) is 0.408. The van der Waals surface area contributed by atoms with Gasteiger partial charge in [-0.15, -0.1) is 0 Å². The van der Waals surface area contributed by atoms with Crippen LogP contribution in [0.3, 0.4) is 0 Å². The number of fused-ring (bicyclic) bond motifs is 4. The summed E-state index contributed by atoms with van der Waals surface area (Å²) in [5, 5.41) is 10.1. The fourth-order valence-corrected chi connectivity index (χ4v) is 4.49. The van der Waals surface area contributed by atoms with Gasteiger partial charge in [-0.25, -0.2) is 19.9 Å². The molecule has 1 N–H and O–H groups in total. The third-order valence-corrected chi connectivity index (χ3v) is 6.23. The zero-order valence-corrected chi connectivity index (χ0v) is 20.0. The van der Waals surface area contributed by atoms with Gasteiger partial charge in [0.25, 0.3) is 0 Å². The van der Waals surface area contributed by atoms with Gasteiger partial charge < -0.3 is 19.3 Å². The van der Waals surface area contributed by atoms with E-state index >= 15 is 0 Å². The molecule has 0 radical (unpaired) electrons. The van der Waals surface area contributed by atoms with Crippen molar-refractivity contribution in [3.8, 4) is 23.5 Å². The van der Waals surface area contributed by atoms with Crippen LogP contribution in [0.15, 0.2) is 73.3 Å². The minimum absolute atomic E-state index is 0.217. The van der Waals surface area contributed by atoms with Crippen LogP contribution in [-0.4, -0.2) is 38.1 Å². The number of ether oxygens (including phenoxy) is 3. The summed E-state index contributed by atoms with van der Waals surface area (Å²) in [5.41, 5.74) is 2.34. The van der Waals surface area contributed by atoms with Gasteiger partial charge >= 0.3 is 5.97 Å². The second kappa shape index (κ2) is 9.35. The van der Waals surface area contributed by atoms with Crippen molar-refractivity contribution < 1.29 is 24.1 Å². The Morgan fingerprint density at radius 3 is 1.50 bits per heavy atom. The summed E-state index contributed by atoms with van der Waals surface area (Å²) in [5.74, 6) is 1.34. The van der Waals surface area contributed by atoms with Gasteiger partial charge in [0.05, 0.1) is 12.5 Å². The summed E-state index contributed by atoms with van der Waals surface area (Å²) in [6.07, 6.45) is 5.87. The molecule has 9 heteroatoms. The molecule has 2 aliphatic heterocycles. The molecule has 0 unspecified atom stereocenters. The maximum atomic E-state index is 12.2. The summed E-state index contributed by atoms with van der Waals surface area (Å²) in [4.78, 5) is 28.8. The van der Waals surface area contributed by atoms with Crippen molar-refractivity contribution in [2.75, 3.05) is 7.11 Å². The molecule has 0 amide bonds. The molecule has 0 saturated heterocycles. The molecule has 4 aromatic rings. The monoisotopic (exact) mass is 484 g/mol. The molecule has 36 heavy (non-hydrogen) atoms. The van der Waals surface area contributed by atoms with Gasteiger partial charge in [-0.3, -0.25) is 4.79 Å². The van der Waals surface area contributed by atoms with Crippen LogP contribution in [0.2, 0.25) is 0 Å². The smallest absolute Gasteiger partial charge is 0.312 e. The van der Waals surface area contributed by atoms with Gasteiger partial charge in [0.15, 0.2) is 0 Å². The van der Waals surface area contributed by atoms with Crippen molar-refractivity contribution >= 4 is 5.97 Å². The average molecular weight is 485 g/mol. The number of aliphatic hydroxyl groups excluding tert-OH is 1. The van der Waals surface area contributed by atoms with Gasteiger partial charge in [0.1, 0.15) is 6.10 Å². The van der Waals surface area contributed by atoms with E-state index < -0.39 is 11.5 Å². The zero-order chi connectivity index (χ0) is 25.3. The Bertz CT molecular complexity index is 1330. The van der Waals surface area contributed by atoms with E-state index in [1.54, 1.807) is 49.1 Å². The predicted molar refractivity (Wildman–Crippen MR) is 129 cm³/mol. The zero-order valence-electron chi connectivity index (χ0n) is 20.0. The number of rotatable bonds is 2. The van der Waals surface area contributed by atoms with E-state index in [4.69, 9.17) is 14.2 Å². The Balaban J connectivity index is 0.000000156. The lowest BCUT2D eigenvalue weighted by Gasteiger charge is -2.35. The van der Waals surface area contributed by atoms with Gasteiger partial charge in [-0.05, 0) is 50.2 Å². The Hall–Kier alpha value is -4.37. The largest absolute Gasteiger partial charge is 0.469 e. The number of carbonyl (C=O) groups excluding carboxylic acids is 1. The molecule has 182 valence electrons. The lowest BCUT2D eigenvalue weighted by Crippen LogP contribution is -2.35. The van der Waals surface area contributed by atoms with E-state index in [1.807, 2.05) is 38.1 Å². The highest BCUT2D eigenvalue weighted by Crippen LogP contribution is 2.50. The third kappa shape index (κ3) is 4.03. The molecule has 0 fully saturated rings. The summed E-state index contributed by atoms with van der Waals surface area (Å²) >= 11 is 0. The molecular formula is C27H24N4O5. The highest BCUT2D eigenvalue weighted by Gasteiger charge is 2.45. The number of pyridine rings is 4. The Morgan fingerprint density at radius 2 is 1.11 bits per heavy atom. The number of nitrogens with zero attached hydrogens (tertiary/aromatic N) is 4. The number of esters is 1. The highest BCUT2D eigenvalue weighted by molar-refractivity contribution is 5.79. The van der Waals surface area contributed by atoms with E-state index in [9.17, 15) is 9.90 Å². The van der Waals surface area contributed by atoms with Crippen LogP contribution in [0.25, 0.3) is 0 Å². The van der Waals surface area contributed by atoms with Crippen LogP contribution in [0.5, 0.6) is 23.5 Å². The summed E-state index contributed by atoms with van der Waals surface area (Å²) < 4.78 is 16.2. The fourth-order valence-electron chi connectivity index (χ4n) is 4.49. The Labute approximate surface area is 207 Å². The van der Waals surface area contributed by atoms with Gasteiger partial charge in [0, 0.05) is 53.0 Å². The van der Waals surface area contributed by atoms with Gasteiger partial charge in [-0.2, -0.15) is 0 Å². The van der Waals surface area contributed by atoms with Crippen LogP contribution in [0, 0.1) is 5.41 Å². The number of hydrogen-bond acceptors (Lipinski definition) is 9. The first-order chi connectivity index (χ1) is 17.4. The fraction of sp³-hybridized carbons (Fsp3) is 0.222. The molecular weight excluding hydrogens is 460 g/mol. The van der Waals surface area contributed by atoms with Crippen molar-refractivity contribution in [3.05, 3.63) is 95.6 Å². The number of methoxy groups -OCH3 is 1. The lowest BCUT2D eigenvalue weighted by molar-refractivity contribution is -0.151. The number of carbonyl (C=O) groups is 1. The SMILES string of the molecule is COC(=O)C(C)(C)C1c2cccnc2Oc2ncccc21.OC1c2cccnc2Oc2ncccc21. The summed E-state index contributed by atoms with van der Waals surface area (Å²) in [7, 11) is 1.40. The molecule has 0 aliphatic carbocycles. The first kappa shape index (κ1) is 23.4. The summed E-state index contributed by atoms with van der Waals surface area (Å²) in [6, 6.07) is 14.7. The van der Waals surface area contributed by atoms with E-state index in [2.05, 4.69) is 19.9 Å². The Morgan fingerprint density at radius 1 is 0.750 bits per heavy atom. The summed E-state index contributed by atoms with van der Waals surface area (Å²) in [6.45, 7) is 3.73. The molecule has 0 spiro atoms. The van der Waals surface area contributed by atoms with Crippen LogP contribution in [0.4, 0.5) is 0 Å². The minimum atomic E-state index is -0.756. The molecule has 0 saturated carbocycles. The van der Waals surface area contributed by atoms with Crippen LogP contribution in [0.1, 0.15) is 48.1 Å². The van der Waals surface area contributed by atoms with E-state index in [1.165, 1.54) is 7.11 Å². The topological polar surface area (TPSA) is 117 Å². The van der Waals surface area contributed by atoms with E-state index in [-0.39, 0.29) is 11.9 Å². The van der Waals surface area contributed by atoms with Gasteiger partial charge in [-0.1, -0.05) is 12.1 Å². The van der Waals surface area contributed by atoms with Crippen LogP contribution < -0.4 is 9.47 Å². The second-order valence-electron chi connectivity index (χ2n) is 8.84. The second-order valence-corrected chi connectivity index (χ2v) is 8.84. The number of hydrogen-bond donors (Lipinski definition) is 1. The van der Waals surface area contributed by atoms with Crippen molar-refractivity contribution in [2.45, 2.75) is 25.9 Å². The van der Waals surface area contributed by atoms with Crippen molar-refractivity contribution in [2.24, 2.45) is 5.41 Å². The van der Waals surface area contributed by atoms with Gasteiger partial charge in [0.2, 0.25) is 23.5 Å². The first-order valence-electron chi connectivity index (χ1n) is 11.3. The molecule has 0 atom stereocenters. The maximum Gasteiger partial charge on any atom is 0.312 e. The normalized spacial score (nSPS) is 13.9. The average Bonchev–Trinajstić information content (AvgIpc) is 2.91. The van der Waals surface area contributed by atoms with E-state index in [0.29, 0.717) is 34.6 Å². The van der Waals surface area contributed by atoms with Crippen LogP contribution in [-0.2, 0) is 9.53 Å². The highest BCUT2D eigenvalue weighted by atomic mass is 16.5. The molecule has 2 aliphatic rings. The molecule has 6 heterocycles. The molecule has 6 rings (SSSR count). The standard InChI is InChI=1S/C16H16N2O3.C11H8N2O2/c1-16(2,15(19)20-3)12-10-6-4-8-17-13(10)21-14-11(12)7-5-9-18-14;14-9-7-3-1-5-12-10(7)15-11-8(9)4-2-6-13-11/h4-9,12H,1-3H3;1-6,9,14H. The predicted octanol–water partition coefficient (Wildman–Crippen LogP) is 4.58. The molecule has 9 nitrogen and oxygen atoms in total. The number of aromatic nitrogens is 4. The van der Waals surface area contributed by atoms with E-state index in [0.717, 1.165) is 11.1 Å². The minimum Gasteiger partial charge on any atom is -0.469 e. The third-order valence-electron chi connectivity index (χ3n) is 6.23. The van der Waals surface area contributed by atoms with Crippen molar-refractivity contribution in [1.29, 1.82) is 0 Å². The first-order valence-corrected chi connectivity index (χ1v) is 11.3. The van der Waals surface area contributed by atoms with Crippen molar-refractivity contribution in [3.63, 3.8) is 0 Å². The lowest BCUT2D eigenvalue weighted by atomic mass is 9.71. The molecule has 0 aromatic carbocycles. The van der Waals surface area contributed by atoms with Crippen molar-refractivity contribution in [1.82, 2.24) is 19.9 Å². The molecule has 0 bridgehead atoms. The molecule has 4 aromatic heterocycles. The number of aliphatic hydroxyl groups is 1. The Kier molecular flexibility index (Phi) is 6.07. The maximum absolute atomic E-state index is 12.2.